The van der Waals surface area contributed by atoms with Crippen molar-refractivity contribution in [2.45, 2.75) is 18.9 Å². The fourth-order valence-corrected chi connectivity index (χ4v) is 2.24. The van der Waals surface area contributed by atoms with Crippen LogP contribution >= 0.6 is 11.6 Å². The quantitative estimate of drug-likeness (QED) is 0.632. The number of nitrogens with zero attached hydrogens (tertiary/aromatic N) is 3. The van der Waals surface area contributed by atoms with Crippen molar-refractivity contribution < 1.29 is 9.72 Å². The average molecular weight is 288 g/mol. The Morgan fingerprint density at radius 3 is 2.74 bits per heavy atom. The van der Waals surface area contributed by atoms with Crippen LogP contribution in [0.15, 0.2) is 0 Å². The lowest BCUT2D eigenvalue weighted by atomic mass is 10.1. The van der Waals surface area contributed by atoms with Gasteiger partial charge < -0.3 is 20.3 Å². The molecule has 2 heterocycles. The van der Waals surface area contributed by atoms with E-state index in [2.05, 4.69) is 20.4 Å². The summed E-state index contributed by atoms with van der Waals surface area (Å²) < 4.78 is 0. The van der Waals surface area contributed by atoms with E-state index in [1.165, 1.54) is 0 Å². The Morgan fingerprint density at radius 2 is 2.21 bits per heavy atom. The predicted molar refractivity (Wildman–Crippen MR) is 68.2 cm³/mol. The number of H-pyrrole nitrogens is 1. The number of amides is 1. The SMILES string of the molecule is CN1CCC(NC(=O)c2n[nH]c([N+](=O)[O-])c2Cl)CC1. The number of carbonyl (C=O) groups excluding carboxylic acids is 1. The summed E-state index contributed by atoms with van der Waals surface area (Å²) in [6.45, 7) is 1.80. The minimum Gasteiger partial charge on any atom is -0.358 e. The van der Waals surface area contributed by atoms with Crippen molar-refractivity contribution in [1.82, 2.24) is 20.4 Å². The van der Waals surface area contributed by atoms with Crippen molar-refractivity contribution in [2.75, 3.05) is 20.1 Å². The van der Waals surface area contributed by atoms with E-state index in [9.17, 15) is 14.9 Å². The van der Waals surface area contributed by atoms with Gasteiger partial charge in [0.25, 0.3) is 5.91 Å². The van der Waals surface area contributed by atoms with E-state index in [1.807, 2.05) is 7.05 Å². The summed E-state index contributed by atoms with van der Waals surface area (Å²) in [4.78, 5) is 24.0. The van der Waals surface area contributed by atoms with Gasteiger partial charge in [-0.1, -0.05) is 16.7 Å². The monoisotopic (exact) mass is 287 g/mol. The number of likely N-dealkylation sites (tertiary alicyclic amines) is 1. The number of nitro groups is 1. The molecule has 1 aliphatic heterocycles. The van der Waals surface area contributed by atoms with Gasteiger partial charge in [-0.3, -0.25) is 4.79 Å². The topological polar surface area (TPSA) is 104 Å². The maximum absolute atomic E-state index is 11.9. The van der Waals surface area contributed by atoms with E-state index < -0.39 is 16.6 Å². The molecule has 1 aliphatic rings. The largest absolute Gasteiger partial charge is 0.362 e. The Kier molecular flexibility index (Phi) is 4.01. The molecule has 1 aromatic heterocycles. The summed E-state index contributed by atoms with van der Waals surface area (Å²) in [6.07, 6.45) is 1.68. The van der Waals surface area contributed by atoms with E-state index in [1.54, 1.807) is 0 Å². The molecule has 1 fully saturated rings. The summed E-state index contributed by atoms with van der Waals surface area (Å²) in [5.74, 6) is -0.945. The normalized spacial score (nSPS) is 17.4. The molecule has 0 saturated carbocycles. The summed E-state index contributed by atoms with van der Waals surface area (Å²) in [7, 11) is 2.02. The van der Waals surface area contributed by atoms with Gasteiger partial charge in [0.05, 0.1) is 0 Å². The second-order valence-electron chi connectivity index (χ2n) is 4.54. The first-order chi connectivity index (χ1) is 8.99. The summed E-state index contributed by atoms with van der Waals surface area (Å²) in [5, 5.41) is 18.9. The third-order valence-electron chi connectivity index (χ3n) is 3.14. The van der Waals surface area contributed by atoms with Crippen LogP contribution in [0.3, 0.4) is 0 Å². The van der Waals surface area contributed by atoms with Gasteiger partial charge in [0.2, 0.25) is 0 Å². The minimum atomic E-state index is -0.707. The van der Waals surface area contributed by atoms with Crippen LogP contribution in [0, 0.1) is 10.1 Å². The van der Waals surface area contributed by atoms with Crippen molar-refractivity contribution >= 4 is 23.3 Å². The van der Waals surface area contributed by atoms with Gasteiger partial charge in [0.1, 0.15) is 0 Å². The van der Waals surface area contributed by atoms with Crippen LogP contribution in [-0.2, 0) is 0 Å². The zero-order chi connectivity index (χ0) is 14.0. The number of aromatic amines is 1. The molecular formula is C10H14ClN5O3. The molecule has 0 bridgehead atoms. The molecule has 0 aliphatic carbocycles. The fourth-order valence-electron chi connectivity index (χ4n) is 2.00. The van der Waals surface area contributed by atoms with E-state index >= 15 is 0 Å². The van der Waals surface area contributed by atoms with Gasteiger partial charge in [0, 0.05) is 6.04 Å². The lowest BCUT2D eigenvalue weighted by Gasteiger charge is -2.29. The van der Waals surface area contributed by atoms with E-state index in [0.29, 0.717) is 0 Å². The number of rotatable bonds is 3. The predicted octanol–water partition coefficient (Wildman–Crippen LogP) is 0.795. The van der Waals surface area contributed by atoms with Crippen LogP contribution in [0.2, 0.25) is 5.02 Å². The minimum absolute atomic E-state index is 0.0514. The number of hydrogen-bond donors (Lipinski definition) is 2. The van der Waals surface area contributed by atoms with Crippen LogP contribution in [0.4, 0.5) is 5.82 Å². The molecule has 1 saturated heterocycles. The molecule has 1 aromatic rings. The number of nitrogens with one attached hydrogen (secondary N) is 2. The van der Waals surface area contributed by atoms with E-state index in [4.69, 9.17) is 11.6 Å². The number of carbonyl (C=O) groups is 1. The molecule has 9 heteroatoms. The Bertz CT molecular complexity index is 495. The second kappa shape index (κ2) is 5.54. The van der Waals surface area contributed by atoms with Gasteiger partial charge in [-0.25, -0.2) is 0 Å². The van der Waals surface area contributed by atoms with Crippen LogP contribution < -0.4 is 5.32 Å². The Labute approximate surface area is 114 Å². The van der Waals surface area contributed by atoms with Crippen LogP contribution in [0.5, 0.6) is 0 Å². The van der Waals surface area contributed by atoms with Crippen molar-refractivity contribution in [3.63, 3.8) is 0 Å². The molecule has 8 nitrogen and oxygen atoms in total. The summed E-state index contributed by atoms with van der Waals surface area (Å²) in [5.41, 5.74) is -0.132. The number of hydrogen-bond acceptors (Lipinski definition) is 5. The van der Waals surface area contributed by atoms with E-state index in [-0.39, 0.29) is 16.8 Å². The first-order valence-electron chi connectivity index (χ1n) is 5.86. The molecule has 0 atom stereocenters. The number of halogens is 1. The molecular weight excluding hydrogens is 274 g/mol. The maximum atomic E-state index is 11.9. The first kappa shape index (κ1) is 13.8. The second-order valence-corrected chi connectivity index (χ2v) is 4.92. The van der Waals surface area contributed by atoms with Crippen LogP contribution in [0.25, 0.3) is 0 Å². The molecule has 2 N–H and O–H groups in total. The molecule has 0 spiro atoms. The number of piperidine rings is 1. The maximum Gasteiger partial charge on any atom is 0.362 e. The third kappa shape index (κ3) is 3.02. The average Bonchev–Trinajstić information content (AvgIpc) is 2.74. The van der Waals surface area contributed by atoms with Crippen molar-refractivity contribution in [1.29, 1.82) is 0 Å². The van der Waals surface area contributed by atoms with Crippen molar-refractivity contribution in [3.8, 4) is 0 Å². The standard InChI is InChI=1S/C10H14ClN5O3/c1-15-4-2-6(3-5-15)12-10(17)8-7(11)9(14-13-8)16(18)19/h6H,2-5H2,1H3,(H,12,17)(H,13,14). The van der Waals surface area contributed by atoms with Crippen LogP contribution in [-0.4, -0.2) is 52.1 Å². The Morgan fingerprint density at radius 1 is 1.58 bits per heavy atom. The highest BCUT2D eigenvalue weighted by Gasteiger charge is 2.27. The van der Waals surface area contributed by atoms with Gasteiger partial charge in [-0.15, -0.1) is 5.10 Å². The highest BCUT2D eigenvalue weighted by Crippen LogP contribution is 2.24. The zero-order valence-corrected chi connectivity index (χ0v) is 11.1. The number of aromatic nitrogens is 2. The molecule has 104 valence electrons. The highest BCUT2D eigenvalue weighted by atomic mass is 35.5. The van der Waals surface area contributed by atoms with Gasteiger partial charge >= 0.3 is 5.82 Å². The fraction of sp³-hybridized carbons (Fsp3) is 0.600. The van der Waals surface area contributed by atoms with Gasteiger partial charge in [-0.2, -0.15) is 0 Å². The van der Waals surface area contributed by atoms with Crippen molar-refractivity contribution in [3.05, 3.63) is 20.8 Å². The lowest BCUT2D eigenvalue weighted by molar-refractivity contribution is -0.389. The zero-order valence-electron chi connectivity index (χ0n) is 10.4. The van der Waals surface area contributed by atoms with Crippen molar-refractivity contribution in [2.24, 2.45) is 0 Å². The Balaban J connectivity index is 2.02. The first-order valence-corrected chi connectivity index (χ1v) is 6.24. The van der Waals surface area contributed by atoms with Gasteiger partial charge in [-0.05, 0) is 37.9 Å². The smallest absolute Gasteiger partial charge is 0.358 e. The molecule has 0 aromatic carbocycles. The van der Waals surface area contributed by atoms with E-state index in [0.717, 1.165) is 25.9 Å². The summed E-state index contributed by atoms with van der Waals surface area (Å²) in [6, 6.07) is 0.0514. The molecule has 0 radical (unpaired) electrons. The molecule has 0 unspecified atom stereocenters. The third-order valence-corrected chi connectivity index (χ3v) is 3.50. The molecule has 19 heavy (non-hydrogen) atoms. The molecule has 1 amide bonds. The van der Waals surface area contributed by atoms with Crippen LogP contribution in [0.1, 0.15) is 23.3 Å². The summed E-state index contributed by atoms with van der Waals surface area (Å²) >= 11 is 5.75. The molecule has 2 rings (SSSR count). The Hall–Kier alpha value is -1.67. The lowest BCUT2D eigenvalue weighted by Crippen LogP contribution is -2.43. The van der Waals surface area contributed by atoms with Gasteiger partial charge in [0.15, 0.2) is 10.7 Å². The highest BCUT2D eigenvalue weighted by molar-refractivity contribution is 6.35.